The van der Waals surface area contributed by atoms with Crippen molar-refractivity contribution in [2.24, 2.45) is 4.99 Å². The summed E-state index contributed by atoms with van der Waals surface area (Å²) in [5, 5.41) is 12.8. The van der Waals surface area contributed by atoms with Crippen molar-refractivity contribution in [2.75, 3.05) is 0 Å². The van der Waals surface area contributed by atoms with Crippen LogP contribution >= 0.6 is 11.6 Å². The molecule has 0 amide bonds. The molecule has 1 aromatic carbocycles. The molecule has 22 heavy (non-hydrogen) atoms. The molecule has 1 aliphatic heterocycles. The standard InChI is InChI=1S/C16H12ClN3O2/c17-12-5-1-3-10(7-12)14-13(16(21)22)9-19-15(20-14)11-4-2-6-18-8-11/h1-9,14H,(H,19,20)(H,21,22). The molecule has 0 radical (unpaired) electrons. The number of rotatable bonds is 3. The van der Waals surface area contributed by atoms with Crippen molar-refractivity contribution < 1.29 is 9.90 Å². The summed E-state index contributed by atoms with van der Waals surface area (Å²) in [5.41, 5.74) is 1.68. The molecule has 2 heterocycles. The number of amidine groups is 1. The number of carboxylic acid groups (broad SMARTS) is 1. The van der Waals surface area contributed by atoms with E-state index in [2.05, 4.69) is 15.3 Å². The second-order valence-corrected chi connectivity index (χ2v) is 5.16. The minimum Gasteiger partial charge on any atom is -0.478 e. The Balaban J connectivity index is 2.04. The molecular weight excluding hydrogens is 302 g/mol. The molecule has 6 heteroatoms. The summed E-state index contributed by atoms with van der Waals surface area (Å²) in [5.74, 6) is -0.450. The molecule has 2 aromatic rings. The van der Waals surface area contributed by atoms with Gasteiger partial charge in [0, 0.05) is 29.2 Å². The normalized spacial score (nSPS) is 17.2. The van der Waals surface area contributed by atoms with Crippen LogP contribution in [0.15, 0.2) is 65.6 Å². The van der Waals surface area contributed by atoms with E-state index in [1.807, 2.05) is 12.1 Å². The van der Waals surface area contributed by atoms with Gasteiger partial charge in [0.2, 0.25) is 0 Å². The molecule has 0 saturated carbocycles. The Kier molecular flexibility index (Phi) is 3.89. The van der Waals surface area contributed by atoms with Crippen molar-refractivity contribution in [1.82, 2.24) is 10.3 Å². The highest BCUT2D eigenvalue weighted by molar-refractivity contribution is 6.30. The Morgan fingerprint density at radius 2 is 2.14 bits per heavy atom. The Morgan fingerprint density at radius 1 is 1.27 bits per heavy atom. The van der Waals surface area contributed by atoms with Gasteiger partial charge >= 0.3 is 5.97 Å². The molecule has 1 aliphatic rings. The van der Waals surface area contributed by atoms with Gasteiger partial charge in [-0.15, -0.1) is 0 Å². The number of carbonyl (C=O) groups is 1. The number of nitrogens with one attached hydrogen (secondary N) is 1. The van der Waals surface area contributed by atoms with Gasteiger partial charge in [0.15, 0.2) is 0 Å². The quantitative estimate of drug-likeness (QED) is 0.913. The molecule has 0 aliphatic carbocycles. The van der Waals surface area contributed by atoms with Gasteiger partial charge in [0.25, 0.3) is 0 Å². The van der Waals surface area contributed by atoms with Crippen LogP contribution in [0.1, 0.15) is 17.2 Å². The van der Waals surface area contributed by atoms with Gasteiger partial charge in [-0.2, -0.15) is 0 Å². The van der Waals surface area contributed by atoms with Gasteiger partial charge in [-0.3, -0.25) is 9.98 Å². The van der Waals surface area contributed by atoms with Crippen LogP contribution in [0.4, 0.5) is 0 Å². The molecule has 1 atom stereocenters. The number of halogens is 1. The first-order valence-corrected chi connectivity index (χ1v) is 6.96. The van der Waals surface area contributed by atoms with Gasteiger partial charge in [-0.1, -0.05) is 23.7 Å². The molecule has 3 rings (SSSR count). The minimum absolute atomic E-state index is 0.162. The van der Waals surface area contributed by atoms with E-state index in [1.165, 1.54) is 6.20 Å². The smallest absolute Gasteiger partial charge is 0.335 e. The molecule has 0 saturated heterocycles. The van der Waals surface area contributed by atoms with Crippen molar-refractivity contribution >= 4 is 23.4 Å². The lowest BCUT2D eigenvalue weighted by Crippen LogP contribution is -2.28. The lowest BCUT2D eigenvalue weighted by molar-refractivity contribution is -0.133. The van der Waals surface area contributed by atoms with E-state index in [-0.39, 0.29) is 5.57 Å². The van der Waals surface area contributed by atoms with Crippen LogP contribution in [0.3, 0.4) is 0 Å². The molecule has 0 fully saturated rings. The van der Waals surface area contributed by atoms with Gasteiger partial charge in [0.05, 0.1) is 5.57 Å². The van der Waals surface area contributed by atoms with Crippen LogP contribution in [0.5, 0.6) is 0 Å². The van der Waals surface area contributed by atoms with E-state index >= 15 is 0 Å². The maximum atomic E-state index is 11.4. The zero-order valence-electron chi connectivity index (χ0n) is 11.4. The number of benzene rings is 1. The summed E-state index contributed by atoms with van der Waals surface area (Å²) in [6, 6.07) is 10.1. The first kappa shape index (κ1) is 14.3. The molecule has 1 unspecified atom stereocenters. The van der Waals surface area contributed by atoms with E-state index in [4.69, 9.17) is 11.6 Å². The SMILES string of the molecule is O=C(O)C1=CNC(c2cccnc2)=NC1c1cccc(Cl)c1. The lowest BCUT2D eigenvalue weighted by atomic mass is 9.98. The van der Waals surface area contributed by atoms with Gasteiger partial charge in [-0.25, -0.2) is 4.79 Å². The number of hydrogen-bond acceptors (Lipinski definition) is 4. The first-order chi connectivity index (χ1) is 10.6. The van der Waals surface area contributed by atoms with Crippen molar-refractivity contribution in [1.29, 1.82) is 0 Å². The molecule has 0 bridgehead atoms. The Bertz CT molecular complexity index is 772. The maximum Gasteiger partial charge on any atom is 0.335 e. The fourth-order valence-electron chi connectivity index (χ4n) is 2.23. The van der Waals surface area contributed by atoms with Crippen LogP contribution in [0, 0.1) is 0 Å². The highest BCUT2D eigenvalue weighted by Crippen LogP contribution is 2.30. The molecular formula is C16H12ClN3O2. The Morgan fingerprint density at radius 3 is 2.82 bits per heavy atom. The Hall–Kier alpha value is -2.66. The highest BCUT2D eigenvalue weighted by atomic mass is 35.5. The van der Waals surface area contributed by atoms with Crippen LogP contribution < -0.4 is 5.32 Å². The molecule has 0 spiro atoms. The number of carboxylic acids is 1. The summed E-state index contributed by atoms with van der Waals surface area (Å²) in [4.78, 5) is 20.0. The fourth-order valence-corrected chi connectivity index (χ4v) is 2.43. The predicted molar refractivity (Wildman–Crippen MR) is 83.8 cm³/mol. The summed E-state index contributed by atoms with van der Waals surface area (Å²) >= 11 is 6.00. The summed E-state index contributed by atoms with van der Waals surface area (Å²) in [6.45, 7) is 0. The largest absolute Gasteiger partial charge is 0.478 e. The van der Waals surface area contributed by atoms with Crippen LogP contribution in [0.2, 0.25) is 5.02 Å². The predicted octanol–water partition coefficient (Wildman–Crippen LogP) is 2.79. The van der Waals surface area contributed by atoms with E-state index in [9.17, 15) is 9.90 Å². The molecule has 110 valence electrons. The van der Waals surface area contributed by atoms with Gasteiger partial charge < -0.3 is 10.4 Å². The summed E-state index contributed by atoms with van der Waals surface area (Å²) < 4.78 is 0. The maximum absolute atomic E-state index is 11.4. The number of aromatic nitrogens is 1. The van der Waals surface area contributed by atoms with Crippen LogP contribution in [0.25, 0.3) is 0 Å². The van der Waals surface area contributed by atoms with E-state index < -0.39 is 12.0 Å². The summed E-state index contributed by atoms with van der Waals surface area (Å²) in [6.07, 6.45) is 4.80. The number of aliphatic carboxylic acids is 1. The highest BCUT2D eigenvalue weighted by Gasteiger charge is 2.26. The topological polar surface area (TPSA) is 74.6 Å². The molecule has 1 aromatic heterocycles. The second-order valence-electron chi connectivity index (χ2n) is 4.73. The van der Waals surface area contributed by atoms with Crippen molar-refractivity contribution in [3.05, 3.63) is 76.7 Å². The third-order valence-corrected chi connectivity index (χ3v) is 3.50. The number of aliphatic imine (C=N–C) groups is 1. The summed E-state index contributed by atoms with van der Waals surface area (Å²) in [7, 11) is 0. The number of hydrogen-bond donors (Lipinski definition) is 2. The van der Waals surface area contributed by atoms with Crippen molar-refractivity contribution in [3.8, 4) is 0 Å². The third-order valence-electron chi connectivity index (χ3n) is 3.26. The molecule has 5 nitrogen and oxygen atoms in total. The van der Waals surface area contributed by atoms with E-state index in [0.717, 1.165) is 11.1 Å². The number of pyridine rings is 1. The lowest BCUT2D eigenvalue weighted by Gasteiger charge is -2.21. The zero-order chi connectivity index (χ0) is 15.5. The van der Waals surface area contributed by atoms with E-state index in [1.54, 1.807) is 36.7 Å². The second kappa shape index (κ2) is 5.99. The molecule has 2 N–H and O–H groups in total. The van der Waals surface area contributed by atoms with Crippen LogP contribution in [-0.2, 0) is 4.79 Å². The Labute approximate surface area is 132 Å². The minimum atomic E-state index is -1.02. The average Bonchev–Trinajstić information content (AvgIpc) is 2.55. The van der Waals surface area contributed by atoms with Crippen molar-refractivity contribution in [2.45, 2.75) is 6.04 Å². The van der Waals surface area contributed by atoms with Crippen LogP contribution in [-0.4, -0.2) is 21.9 Å². The average molecular weight is 314 g/mol. The first-order valence-electron chi connectivity index (χ1n) is 6.59. The third kappa shape index (κ3) is 2.84. The number of nitrogens with zero attached hydrogens (tertiary/aromatic N) is 2. The fraction of sp³-hybridized carbons (Fsp3) is 0.0625. The monoisotopic (exact) mass is 313 g/mol. The van der Waals surface area contributed by atoms with E-state index in [0.29, 0.717) is 10.9 Å². The van der Waals surface area contributed by atoms with Gasteiger partial charge in [0.1, 0.15) is 11.9 Å². The van der Waals surface area contributed by atoms with Gasteiger partial charge in [-0.05, 0) is 29.8 Å². The zero-order valence-corrected chi connectivity index (χ0v) is 12.2. The van der Waals surface area contributed by atoms with Crippen molar-refractivity contribution in [3.63, 3.8) is 0 Å².